The minimum Gasteiger partial charge on any atom is -0.379 e. The van der Waals surface area contributed by atoms with Gasteiger partial charge in [0.15, 0.2) is 5.96 Å². The summed E-state index contributed by atoms with van der Waals surface area (Å²) in [6.07, 6.45) is 1.73. The average Bonchev–Trinajstić information content (AvgIpc) is 2.66. The van der Waals surface area contributed by atoms with Gasteiger partial charge in [0.2, 0.25) is 0 Å². The fraction of sp³-hybridized carbons (Fsp3) is 0.632. The molecule has 0 amide bonds. The summed E-state index contributed by atoms with van der Waals surface area (Å²) in [7, 11) is -1.33. The molecule has 29 heavy (non-hydrogen) atoms. The summed E-state index contributed by atoms with van der Waals surface area (Å²) in [4.78, 5) is 6.50. The molecule has 0 spiro atoms. The summed E-state index contributed by atoms with van der Waals surface area (Å²) >= 11 is 0. The molecule has 0 radical (unpaired) electrons. The molecular formula is C19H32FIN4O3S. The van der Waals surface area contributed by atoms with Gasteiger partial charge in [0.05, 0.1) is 25.0 Å². The van der Waals surface area contributed by atoms with Crippen molar-refractivity contribution in [3.63, 3.8) is 0 Å². The maximum absolute atomic E-state index is 13.8. The second-order valence-electron chi connectivity index (χ2n) is 7.14. The highest BCUT2D eigenvalue weighted by atomic mass is 127. The van der Waals surface area contributed by atoms with E-state index in [0.29, 0.717) is 32.1 Å². The topological polar surface area (TPSA) is 83.0 Å². The first-order chi connectivity index (χ1) is 13.3. The van der Waals surface area contributed by atoms with Crippen molar-refractivity contribution in [2.75, 3.05) is 51.9 Å². The molecule has 2 unspecified atom stereocenters. The Morgan fingerprint density at radius 1 is 1.34 bits per heavy atom. The molecule has 2 rings (SSSR count). The van der Waals surface area contributed by atoms with Crippen molar-refractivity contribution in [3.05, 3.63) is 35.6 Å². The molecule has 7 nitrogen and oxygen atoms in total. The molecule has 0 aliphatic carbocycles. The summed E-state index contributed by atoms with van der Waals surface area (Å²) in [5.41, 5.74) is 0.898. The lowest BCUT2D eigenvalue weighted by molar-refractivity contribution is 0.0169. The number of benzene rings is 1. The normalized spacial score (nSPS) is 17.9. The largest absolute Gasteiger partial charge is 0.379 e. The fourth-order valence-corrected chi connectivity index (χ4v) is 3.93. The molecule has 1 aromatic rings. The van der Waals surface area contributed by atoms with Crippen molar-refractivity contribution in [2.24, 2.45) is 4.99 Å². The number of nitrogens with zero attached hydrogens (tertiary/aromatic N) is 2. The van der Waals surface area contributed by atoms with Gasteiger partial charge in [-0.05, 0) is 31.0 Å². The Morgan fingerprint density at radius 2 is 2.03 bits per heavy atom. The molecule has 1 aliphatic heterocycles. The van der Waals surface area contributed by atoms with Crippen molar-refractivity contribution in [1.29, 1.82) is 0 Å². The van der Waals surface area contributed by atoms with E-state index in [4.69, 9.17) is 4.74 Å². The first-order valence-electron chi connectivity index (χ1n) is 9.50. The minimum absolute atomic E-state index is 0. The zero-order valence-corrected chi connectivity index (χ0v) is 20.4. The van der Waals surface area contributed by atoms with E-state index in [1.165, 1.54) is 12.3 Å². The quantitative estimate of drug-likeness (QED) is 0.296. The first kappa shape index (κ1) is 26.1. The van der Waals surface area contributed by atoms with Gasteiger partial charge in [-0.2, -0.15) is 0 Å². The number of rotatable bonds is 8. The van der Waals surface area contributed by atoms with E-state index in [9.17, 15) is 12.8 Å². The van der Waals surface area contributed by atoms with E-state index in [2.05, 4.69) is 20.5 Å². The van der Waals surface area contributed by atoms with Crippen LogP contribution in [0.2, 0.25) is 0 Å². The Hall–Kier alpha value is -0.980. The zero-order valence-electron chi connectivity index (χ0n) is 17.2. The molecule has 0 saturated carbocycles. The number of nitrogens with one attached hydrogen (secondary N) is 2. The summed E-state index contributed by atoms with van der Waals surface area (Å²) in [5, 5.41) is 6.51. The molecule has 2 atom stereocenters. The van der Waals surface area contributed by atoms with Gasteiger partial charge in [-0.3, -0.25) is 9.89 Å². The Balaban J connectivity index is 0.00000420. The summed E-state index contributed by atoms with van der Waals surface area (Å²) in [5.74, 6) is 0.459. The average molecular weight is 542 g/mol. The fourth-order valence-electron chi connectivity index (χ4n) is 3.15. The molecular weight excluding hydrogens is 510 g/mol. The number of guanidine groups is 1. The van der Waals surface area contributed by atoms with Crippen molar-refractivity contribution >= 4 is 39.8 Å². The van der Waals surface area contributed by atoms with Crippen molar-refractivity contribution in [1.82, 2.24) is 15.5 Å². The van der Waals surface area contributed by atoms with Crippen molar-refractivity contribution in [2.45, 2.75) is 25.4 Å². The van der Waals surface area contributed by atoms with Gasteiger partial charge in [-0.25, -0.2) is 12.8 Å². The Morgan fingerprint density at radius 3 is 2.62 bits per heavy atom. The minimum atomic E-state index is -3.00. The zero-order chi connectivity index (χ0) is 20.6. The summed E-state index contributed by atoms with van der Waals surface area (Å²) in [6.45, 7) is 5.33. The molecule has 1 heterocycles. The van der Waals surface area contributed by atoms with E-state index in [0.717, 1.165) is 18.7 Å². The molecule has 0 bridgehead atoms. The van der Waals surface area contributed by atoms with Gasteiger partial charge < -0.3 is 15.4 Å². The molecule has 1 aliphatic rings. The second-order valence-corrected chi connectivity index (χ2v) is 9.40. The van der Waals surface area contributed by atoms with Crippen molar-refractivity contribution in [3.8, 4) is 0 Å². The monoisotopic (exact) mass is 542 g/mol. The van der Waals surface area contributed by atoms with Gasteiger partial charge in [0.1, 0.15) is 15.7 Å². The molecule has 1 aromatic carbocycles. The van der Waals surface area contributed by atoms with Crippen molar-refractivity contribution < 1.29 is 17.5 Å². The van der Waals surface area contributed by atoms with Crippen LogP contribution in [0.3, 0.4) is 0 Å². The van der Waals surface area contributed by atoms with Crippen LogP contribution in [0.4, 0.5) is 4.39 Å². The van der Waals surface area contributed by atoms with Crippen LogP contribution in [-0.4, -0.2) is 77.2 Å². The molecule has 0 aromatic heterocycles. The highest BCUT2D eigenvalue weighted by Gasteiger charge is 2.23. The number of hydrogen-bond donors (Lipinski definition) is 2. The lowest BCUT2D eigenvalue weighted by Crippen LogP contribution is -2.48. The Bertz CT molecular complexity index is 758. The maximum atomic E-state index is 13.8. The Kier molecular flexibility index (Phi) is 11.4. The van der Waals surface area contributed by atoms with Gasteiger partial charge >= 0.3 is 0 Å². The highest BCUT2D eigenvalue weighted by Crippen LogP contribution is 2.22. The van der Waals surface area contributed by atoms with E-state index in [1.807, 2.05) is 13.0 Å². The third kappa shape index (κ3) is 9.58. The maximum Gasteiger partial charge on any atom is 0.191 e. The highest BCUT2D eigenvalue weighted by molar-refractivity contribution is 14.0. The molecule has 1 saturated heterocycles. The van der Waals surface area contributed by atoms with E-state index < -0.39 is 9.84 Å². The predicted molar refractivity (Wildman–Crippen MR) is 125 cm³/mol. The van der Waals surface area contributed by atoms with E-state index in [-0.39, 0.29) is 47.6 Å². The van der Waals surface area contributed by atoms with Gasteiger partial charge in [-0.15, -0.1) is 24.0 Å². The third-order valence-corrected chi connectivity index (χ3v) is 5.69. The predicted octanol–water partition coefficient (Wildman–Crippen LogP) is 1.81. The van der Waals surface area contributed by atoms with Gasteiger partial charge in [-0.1, -0.05) is 12.1 Å². The number of morpholine rings is 1. The van der Waals surface area contributed by atoms with E-state index in [1.54, 1.807) is 19.2 Å². The van der Waals surface area contributed by atoms with Gasteiger partial charge in [0.25, 0.3) is 0 Å². The third-order valence-electron chi connectivity index (χ3n) is 4.71. The van der Waals surface area contributed by atoms with Crippen LogP contribution in [0.15, 0.2) is 29.3 Å². The molecule has 10 heteroatoms. The van der Waals surface area contributed by atoms with Crippen LogP contribution in [-0.2, 0) is 14.6 Å². The van der Waals surface area contributed by atoms with Crippen LogP contribution in [0, 0.1) is 5.82 Å². The number of aliphatic imine (C=N–C) groups is 1. The first-order valence-corrected chi connectivity index (χ1v) is 11.6. The Labute approximate surface area is 190 Å². The second kappa shape index (κ2) is 12.7. The molecule has 1 fully saturated rings. The van der Waals surface area contributed by atoms with Crippen LogP contribution >= 0.6 is 24.0 Å². The standard InChI is InChI=1S/C19H31FN4O3S.HI/c1-15(7-12-28(3,25)26)23-19(21-2)22-14-18(24-8-10-27-11-9-24)16-5-4-6-17(20)13-16;/h4-6,13,15,18H,7-12,14H2,1-3H3,(H2,21,22,23);1H. The number of hydrogen-bond acceptors (Lipinski definition) is 5. The molecule has 2 N–H and O–H groups in total. The van der Waals surface area contributed by atoms with Crippen LogP contribution < -0.4 is 10.6 Å². The van der Waals surface area contributed by atoms with Crippen LogP contribution in [0.1, 0.15) is 24.9 Å². The number of ether oxygens (including phenoxy) is 1. The SMILES string of the molecule is CN=C(NCC(c1cccc(F)c1)N1CCOCC1)NC(C)CCS(C)(=O)=O.I. The molecule has 166 valence electrons. The van der Waals surface area contributed by atoms with Crippen LogP contribution in [0.5, 0.6) is 0 Å². The summed E-state index contributed by atoms with van der Waals surface area (Å²) in [6, 6.07) is 6.58. The lowest BCUT2D eigenvalue weighted by atomic mass is 10.0. The van der Waals surface area contributed by atoms with Crippen LogP contribution in [0.25, 0.3) is 0 Å². The lowest BCUT2D eigenvalue weighted by Gasteiger charge is -2.35. The van der Waals surface area contributed by atoms with E-state index >= 15 is 0 Å². The van der Waals surface area contributed by atoms with Gasteiger partial charge in [0, 0.05) is 39.0 Å². The summed E-state index contributed by atoms with van der Waals surface area (Å²) < 4.78 is 41.9. The number of halogens is 2. The number of sulfone groups is 1. The smallest absolute Gasteiger partial charge is 0.191 e.